The number of carbonyl (C=O) groups is 2. The first-order chi connectivity index (χ1) is 12.4. The van der Waals surface area contributed by atoms with E-state index in [4.69, 9.17) is 16.3 Å². The summed E-state index contributed by atoms with van der Waals surface area (Å²) < 4.78 is 4.83. The number of benzene rings is 1. The van der Waals surface area contributed by atoms with Crippen molar-refractivity contribution < 1.29 is 14.3 Å². The highest BCUT2D eigenvalue weighted by atomic mass is 35.5. The summed E-state index contributed by atoms with van der Waals surface area (Å²) in [6, 6.07) is 6.33. The summed E-state index contributed by atoms with van der Waals surface area (Å²) in [5.41, 5.74) is 2.63. The number of aryl methyl sites for hydroxylation is 1. The minimum atomic E-state index is -0.202. The van der Waals surface area contributed by atoms with Gasteiger partial charge in [-0.25, -0.2) is 0 Å². The fourth-order valence-corrected chi connectivity index (χ4v) is 6.48. The molecule has 0 saturated heterocycles. The molecule has 2 saturated carbocycles. The van der Waals surface area contributed by atoms with Gasteiger partial charge in [-0.1, -0.05) is 24.6 Å². The molecule has 0 N–H and O–H groups in total. The van der Waals surface area contributed by atoms with E-state index in [9.17, 15) is 9.59 Å². The molecule has 0 amide bonds. The van der Waals surface area contributed by atoms with Crippen molar-refractivity contribution in [1.82, 2.24) is 0 Å². The number of esters is 1. The van der Waals surface area contributed by atoms with Crippen LogP contribution in [0.1, 0.15) is 62.5 Å². The third-order valence-corrected chi connectivity index (χ3v) is 7.71. The molecule has 4 heteroatoms. The highest BCUT2D eigenvalue weighted by molar-refractivity contribution is 6.30. The van der Waals surface area contributed by atoms with E-state index in [1.54, 1.807) is 0 Å². The van der Waals surface area contributed by atoms with Crippen LogP contribution in [0, 0.1) is 23.2 Å². The summed E-state index contributed by atoms with van der Waals surface area (Å²) in [6.07, 6.45) is 6.05. The van der Waals surface area contributed by atoms with Crippen LogP contribution in [0.4, 0.5) is 0 Å². The summed E-state index contributed by atoms with van der Waals surface area (Å²) >= 11 is 6.20. The van der Waals surface area contributed by atoms with Crippen molar-refractivity contribution in [3.05, 3.63) is 34.3 Å². The SMILES string of the molecule is COC(=O)CCC1CC(=O)C2(C)CCC3c4ccc(Cl)cc4CCC3C12. The Hall–Kier alpha value is -1.35. The van der Waals surface area contributed by atoms with Crippen LogP contribution in [0.5, 0.6) is 0 Å². The average molecular weight is 375 g/mol. The molecular formula is C22H27ClO3. The van der Waals surface area contributed by atoms with E-state index < -0.39 is 0 Å². The monoisotopic (exact) mass is 374 g/mol. The molecule has 26 heavy (non-hydrogen) atoms. The number of carbonyl (C=O) groups excluding carboxylic acids is 2. The van der Waals surface area contributed by atoms with Gasteiger partial charge in [-0.2, -0.15) is 0 Å². The Balaban J connectivity index is 1.63. The minimum absolute atomic E-state index is 0.165. The lowest BCUT2D eigenvalue weighted by Crippen LogP contribution is -2.44. The Kier molecular flexibility index (Phi) is 4.63. The van der Waals surface area contributed by atoms with Gasteiger partial charge >= 0.3 is 5.97 Å². The number of hydrogen-bond donors (Lipinski definition) is 0. The first kappa shape index (κ1) is 18.0. The highest BCUT2D eigenvalue weighted by Gasteiger charge is 2.58. The van der Waals surface area contributed by atoms with Gasteiger partial charge in [0, 0.05) is 23.3 Å². The zero-order valence-electron chi connectivity index (χ0n) is 15.6. The predicted molar refractivity (Wildman–Crippen MR) is 101 cm³/mol. The maximum absolute atomic E-state index is 12.9. The van der Waals surface area contributed by atoms with E-state index in [1.165, 1.54) is 18.2 Å². The molecule has 1 aromatic carbocycles. The van der Waals surface area contributed by atoms with Gasteiger partial charge in [-0.15, -0.1) is 0 Å². The van der Waals surface area contributed by atoms with E-state index in [0.29, 0.717) is 42.3 Å². The van der Waals surface area contributed by atoms with Crippen LogP contribution >= 0.6 is 11.6 Å². The number of halogens is 1. The maximum Gasteiger partial charge on any atom is 0.305 e. The Morgan fingerprint density at radius 3 is 2.92 bits per heavy atom. The maximum atomic E-state index is 12.9. The van der Waals surface area contributed by atoms with Crippen LogP contribution in [0.15, 0.2) is 18.2 Å². The Morgan fingerprint density at radius 1 is 1.35 bits per heavy atom. The fourth-order valence-electron chi connectivity index (χ4n) is 6.28. The summed E-state index contributed by atoms with van der Waals surface area (Å²) in [5.74, 6) is 2.02. The topological polar surface area (TPSA) is 43.4 Å². The van der Waals surface area contributed by atoms with Crippen molar-refractivity contribution in [2.24, 2.45) is 23.2 Å². The van der Waals surface area contributed by atoms with Gasteiger partial charge in [-0.3, -0.25) is 9.59 Å². The van der Waals surface area contributed by atoms with Gasteiger partial charge in [-0.05, 0) is 79.0 Å². The average Bonchev–Trinajstić information content (AvgIpc) is 2.89. The zero-order valence-corrected chi connectivity index (χ0v) is 16.3. The second-order valence-corrected chi connectivity index (χ2v) is 9.07. The van der Waals surface area contributed by atoms with E-state index in [1.807, 2.05) is 6.07 Å². The molecule has 4 rings (SSSR count). The molecule has 0 heterocycles. The van der Waals surface area contributed by atoms with E-state index >= 15 is 0 Å². The lowest BCUT2D eigenvalue weighted by atomic mass is 9.54. The molecule has 3 aliphatic rings. The number of Topliss-reactive ketones (excluding diaryl/α,β-unsaturated/α-hetero) is 1. The molecule has 0 radical (unpaired) electrons. The third-order valence-electron chi connectivity index (χ3n) is 7.48. The molecule has 3 nitrogen and oxygen atoms in total. The lowest BCUT2D eigenvalue weighted by molar-refractivity contribution is -0.141. The van der Waals surface area contributed by atoms with Crippen LogP contribution in [0.3, 0.4) is 0 Å². The first-order valence-electron chi connectivity index (χ1n) is 9.82. The predicted octanol–water partition coefficient (Wildman–Crippen LogP) is 4.94. The number of ketones is 1. The van der Waals surface area contributed by atoms with Crippen molar-refractivity contribution in [3.63, 3.8) is 0 Å². The summed E-state index contributed by atoms with van der Waals surface area (Å²) in [7, 11) is 1.44. The van der Waals surface area contributed by atoms with E-state index in [2.05, 4.69) is 19.1 Å². The molecule has 0 spiro atoms. The lowest BCUT2D eigenvalue weighted by Gasteiger charge is -2.50. The summed E-state index contributed by atoms with van der Waals surface area (Å²) in [6.45, 7) is 2.19. The van der Waals surface area contributed by atoms with Crippen LogP contribution in [0.2, 0.25) is 5.02 Å². The second kappa shape index (κ2) is 6.67. The number of hydrogen-bond acceptors (Lipinski definition) is 3. The quantitative estimate of drug-likeness (QED) is 0.703. The Bertz CT molecular complexity index is 743. The van der Waals surface area contributed by atoms with Crippen molar-refractivity contribution in [2.75, 3.05) is 7.11 Å². The van der Waals surface area contributed by atoms with Crippen molar-refractivity contribution in [2.45, 2.75) is 57.8 Å². The normalized spacial score (nSPS) is 35.4. The molecular weight excluding hydrogens is 348 g/mol. The standard InChI is InChI=1S/C22H27ClO3/c1-22-10-9-17-16-7-5-15(23)11-13(16)3-6-18(17)21(22)14(12-19(22)24)4-8-20(25)26-2/h5,7,11,14,17-18,21H,3-4,6,8-10,12H2,1-2H3. The van der Waals surface area contributed by atoms with Crippen molar-refractivity contribution >= 4 is 23.4 Å². The summed E-state index contributed by atoms with van der Waals surface area (Å²) in [4.78, 5) is 24.5. The van der Waals surface area contributed by atoms with Crippen LogP contribution in [-0.2, 0) is 20.7 Å². The van der Waals surface area contributed by atoms with E-state index in [-0.39, 0.29) is 11.4 Å². The number of fused-ring (bicyclic) bond motifs is 5. The minimum Gasteiger partial charge on any atom is -0.469 e. The van der Waals surface area contributed by atoms with E-state index in [0.717, 1.165) is 37.1 Å². The molecule has 140 valence electrons. The van der Waals surface area contributed by atoms with Gasteiger partial charge in [0.05, 0.1) is 7.11 Å². The van der Waals surface area contributed by atoms with Crippen LogP contribution in [0.25, 0.3) is 0 Å². The second-order valence-electron chi connectivity index (χ2n) is 8.64. The van der Waals surface area contributed by atoms with Crippen LogP contribution in [-0.4, -0.2) is 18.9 Å². The molecule has 2 fully saturated rings. The molecule has 0 aliphatic heterocycles. The summed E-state index contributed by atoms with van der Waals surface area (Å²) in [5, 5.41) is 0.815. The highest BCUT2D eigenvalue weighted by Crippen LogP contribution is 2.62. The number of rotatable bonds is 3. The number of methoxy groups -OCH3 is 1. The van der Waals surface area contributed by atoms with Gasteiger partial charge in [0.1, 0.15) is 5.78 Å². The molecule has 5 atom stereocenters. The first-order valence-corrected chi connectivity index (χ1v) is 10.2. The van der Waals surface area contributed by atoms with Gasteiger partial charge in [0.2, 0.25) is 0 Å². The van der Waals surface area contributed by atoms with Crippen molar-refractivity contribution in [1.29, 1.82) is 0 Å². The molecule has 3 aliphatic carbocycles. The molecule has 0 bridgehead atoms. The third kappa shape index (κ3) is 2.79. The smallest absolute Gasteiger partial charge is 0.305 e. The Morgan fingerprint density at radius 2 is 2.15 bits per heavy atom. The molecule has 1 aromatic rings. The molecule has 5 unspecified atom stereocenters. The van der Waals surface area contributed by atoms with Crippen LogP contribution < -0.4 is 0 Å². The van der Waals surface area contributed by atoms with Gasteiger partial charge in [0.15, 0.2) is 0 Å². The zero-order chi connectivity index (χ0) is 18.5. The van der Waals surface area contributed by atoms with Gasteiger partial charge in [0.25, 0.3) is 0 Å². The van der Waals surface area contributed by atoms with Gasteiger partial charge < -0.3 is 4.74 Å². The molecule has 0 aromatic heterocycles. The van der Waals surface area contributed by atoms with Crippen molar-refractivity contribution in [3.8, 4) is 0 Å². The number of ether oxygens (including phenoxy) is 1. The fraction of sp³-hybridized carbons (Fsp3) is 0.636. The Labute approximate surface area is 160 Å². The largest absolute Gasteiger partial charge is 0.469 e.